The van der Waals surface area contributed by atoms with E-state index in [0.29, 0.717) is 24.5 Å². The van der Waals surface area contributed by atoms with Crippen molar-refractivity contribution in [1.29, 1.82) is 0 Å². The van der Waals surface area contributed by atoms with Crippen LogP contribution in [0.25, 0.3) is 0 Å². The molecule has 1 heterocycles. The zero-order valence-corrected chi connectivity index (χ0v) is 13.6. The summed E-state index contributed by atoms with van der Waals surface area (Å²) in [5.74, 6) is 0.502. The number of ether oxygens (including phenoxy) is 1. The highest BCUT2D eigenvalue weighted by Gasteiger charge is 2.15. The van der Waals surface area contributed by atoms with E-state index in [1.54, 1.807) is 18.2 Å². The molecule has 23 heavy (non-hydrogen) atoms. The van der Waals surface area contributed by atoms with Crippen molar-refractivity contribution in [2.45, 2.75) is 26.3 Å². The Kier molecular flexibility index (Phi) is 6.11. The van der Waals surface area contributed by atoms with Crippen LogP contribution < -0.4 is 15.8 Å². The molecule has 0 spiro atoms. The molecule has 0 aliphatic carbocycles. The Balaban J connectivity index is 2.08. The number of amides is 1. The normalized spacial score (nSPS) is 11.8. The average Bonchev–Trinajstić information content (AvgIpc) is 2.58. The topological polar surface area (TPSA) is 77.2 Å². The number of nitrogens with zero attached hydrogens (tertiary/aromatic N) is 1. The second-order valence-corrected chi connectivity index (χ2v) is 5.36. The third-order valence-corrected chi connectivity index (χ3v) is 3.49. The lowest BCUT2D eigenvalue weighted by Crippen LogP contribution is -2.28. The fourth-order valence-corrected chi connectivity index (χ4v) is 2.22. The summed E-state index contributed by atoms with van der Waals surface area (Å²) >= 11 is 0. The molecule has 1 atom stereocenters. The van der Waals surface area contributed by atoms with Crippen molar-refractivity contribution >= 4 is 5.91 Å². The minimum absolute atomic E-state index is 0.114. The van der Waals surface area contributed by atoms with Crippen molar-refractivity contribution in [2.24, 2.45) is 5.73 Å². The van der Waals surface area contributed by atoms with Crippen LogP contribution in [0.4, 0.5) is 0 Å². The molecule has 5 heteroatoms. The van der Waals surface area contributed by atoms with Gasteiger partial charge in [0.2, 0.25) is 0 Å². The van der Waals surface area contributed by atoms with Crippen LogP contribution in [0.1, 0.15) is 41.0 Å². The summed E-state index contributed by atoms with van der Waals surface area (Å²) < 4.78 is 5.46. The monoisotopic (exact) mass is 313 g/mol. The molecule has 2 aromatic rings. The van der Waals surface area contributed by atoms with Gasteiger partial charge in [-0.25, -0.2) is 0 Å². The van der Waals surface area contributed by atoms with Gasteiger partial charge in [0, 0.05) is 18.3 Å². The average molecular weight is 313 g/mol. The molecule has 1 aromatic heterocycles. The summed E-state index contributed by atoms with van der Waals surface area (Å²) in [5, 5.41) is 3.02. The second-order valence-electron chi connectivity index (χ2n) is 5.36. The molecular formula is C18H23N3O2. The van der Waals surface area contributed by atoms with Crippen molar-refractivity contribution in [1.82, 2.24) is 10.3 Å². The number of nitrogens with two attached hydrogens (primary N) is 1. The van der Waals surface area contributed by atoms with E-state index in [2.05, 4.69) is 10.3 Å². The first-order chi connectivity index (χ1) is 11.1. The van der Waals surface area contributed by atoms with E-state index in [-0.39, 0.29) is 11.9 Å². The molecule has 2 rings (SSSR count). The number of rotatable bonds is 7. The highest BCUT2D eigenvalue weighted by molar-refractivity contribution is 5.94. The molecule has 0 bridgehead atoms. The Labute approximate surface area is 136 Å². The molecule has 0 aliphatic heterocycles. The van der Waals surface area contributed by atoms with Crippen LogP contribution in [0.2, 0.25) is 0 Å². The fraction of sp³-hybridized carbons (Fsp3) is 0.333. The van der Waals surface area contributed by atoms with E-state index < -0.39 is 0 Å². The fourth-order valence-electron chi connectivity index (χ4n) is 2.22. The van der Waals surface area contributed by atoms with Crippen LogP contribution in [0.3, 0.4) is 0 Å². The Morgan fingerprint density at radius 3 is 2.83 bits per heavy atom. The maximum Gasteiger partial charge on any atom is 0.251 e. The van der Waals surface area contributed by atoms with E-state index in [4.69, 9.17) is 10.5 Å². The Bertz CT molecular complexity index is 641. The highest BCUT2D eigenvalue weighted by atomic mass is 16.5. The third kappa shape index (κ3) is 4.79. The van der Waals surface area contributed by atoms with Crippen LogP contribution >= 0.6 is 0 Å². The van der Waals surface area contributed by atoms with Crippen LogP contribution in [0.15, 0.2) is 42.6 Å². The van der Waals surface area contributed by atoms with Gasteiger partial charge in [0.1, 0.15) is 12.4 Å². The summed E-state index contributed by atoms with van der Waals surface area (Å²) in [6.45, 7) is 4.87. The number of carbonyl (C=O) groups excluding carboxylic acids is 1. The quantitative estimate of drug-likeness (QED) is 0.823. The number of aromatic nitrogens is 1. The van der Waals surface area contributed by atoms with E-state index in [1.165, 1.54) is 0 Å². The number of benzene rings is 1. The van der Waals surface area contributed by atoms with Gasteiger partial charge in [-0.05, 0) is 43.2 Å². The predicted octanol–water partition coefficient (Wildman–Crippen LogP) is 2.61. The highest BCUT2D eigenvalue weighted by Crippen LogP contribution is 2.17. The van der Waals surface area contributed by atoms with Crippen molar-refractivity contribution in [3.63, 3.8) is 0 Å². The lowest BCUT2D eigenvalue weighted by Gasteiger charge is -2.17. The number of aryl methyl sites for hydroxylation is 1. The van der Waals surface area contributed by atoms with Gasteiger partial charge in [-0.15, -0.1) is 0 Å². The van der Waals surface area contributed by atoms with Crippen molar-refractivity contribution in [3.8, 4) is 5.75 Å². The van der Waals surface area contributed by atoms with Crippen molar-refractivity contribution in [3.05, 3.63) is 59.4 Å². The summed E-state index contributed by atoms with van der Waals surface area (Å²) in [5.41, 5.74) is 7.94. The van der Waals surface area contributed by atoms with Crippen LogP contribution in [-0.4, -0.2) is 24.0 Å². The van der Waals surface area contributed by atoms with Gasteiger partial charge >= 0.3 is 0 Å². The molecule has 1 amide bonds. The lowest BCUT2D eigenvalue weighted by atomic mass is 10.1. The number of pyridine rings is 1. The van der Waals surface area contributed by atoms with Gasteiger partial charge in [-0.3, -0.25) is 9.78 Å². The largest absolute Gasteiger partial charge is 0.492 e. The number of hydrogen-bond donors (Lipinski definition) is 2. The summed E-state index contributed by atoms with van der Waals surface area (Å²) in [7, 11) is 0. The molecule has 5 nitrogen and oxygen atoms in total. The van der Waals surface area contributed by atoms with Gasteiger partial charge < -0.3 is 15.8 Å². The molecule has 0 unspecified atom stereocenters. The third-order valence-electron chi connectivity index (χ3n) is 3.49. The molecule has 0 saturated heterocycles. The van der Waals surface area contributed by atoms with Gasteiger partial charge in [0.25, 0.3) is 5.91 Å². The van der Waals surface area contributed by atoms with Gasteiger partial charge in [-0.2, -0.15) is 0 Å². The molecule has 0 fully saturated rings. The van der Waals surface area contributed by atoms with Gasteiger partial charge in [0.15, 0.2) is 0 Å². The summed E-state index contributed by atoms with van der Waals surface area (Å²) in [6, 6.07) is 10.9. The van der Waals surface area contributed by atoms with E-state index in [1.807, 2.05) is 38.2 Å². The van der Waals surface area contributed by atoms with E-state index in [0.717, 1.165) is 17.7 Å². The second kappa shape index (κ2) is 8.29. The Morgan fingerprint density at radius 1 is 1.35 bits per heavy atom. The number of hydrogen-bond acceptors (Lipinski definition) is 4. The lowest BCUT2D eigenvalue weighted by molar-refractivity contribution is 0.0934. The first-order valence-electron chi connectivity index (χ1n) is 7.80. The zero-order valence-electron chi connectivity index (χ0n) is 13.6. The summed E-state index contributed by atoms with van der Waals surface area (Å²) in [6.07, 6.45) is 2.58. The minimum Gasteiger partial charge on any atom is -0.492 e. The molecule has 0 radical (unpaired) electrons. The SMILES string of the molecule is CC[C@@H](NC(=O)c1cccc(OCCN)c1)c1ccc(C)cn1. The van der Waals surface area contributed by atoms with Crippen LogP contribution in [-0.2, 0) is 0 Å². The first kappa shape index (κ1) is 17.0. The predicted molar refractivity (Wildman–Crippen MR) is 90.5 cm³/mol. The van der Waals surface area contributed by atoms with Crippen molar-refractivity contribution in [2.75, 3.05) is 13.2 Å². The molecule has 1 aromatic carbocycles. The molecular weight excluding hydrogens is 290 g/mol. The summed E-state index contributed by atoms with van der Waals surface area (Å²) in [4.78, 5) is 16.9. The Morgan fingerprint density at radius 2 is 2.17 bits per heavy atom. The van der Waals surface area contributed by atoms with Gasteiger partial charge in [-0.1, -0.05) is 19.1 Å². The molecule has 3 N–H and O–H groups in total. The number of carbonyl (C=O) groups is 1. The van der Waals surface area contributed by atoms with Crippen LogP contribution in [0, 0.1) is 6.92 Å². The van der Waals surface area contributed by atoms with Crippen molar-refractivity contribution < 1.29 is 9.53 Å². The van der Waals surface area contributed by atoms with Gasteiger partial charge in [0.05, 0.1) is 11.7 Å². The Hall–Kier alpha value is -2.40. The minimum atomic E-state index is -0.141. The maximum absolute atomic E-state index is 12.5. The molecule has 0 aliphatic rings. The molecule has 0 saturated carbocycles. The zero-order chi connectivity index (χ0) is 16.7. The standard InChI is InChI=1S/C18H23N3O2/c1-3-16(17-8-7-13(2)12-20-17)21-18(22)14-5-4-6-15(11-14)23-10-9-19/h4-8,11-12,16H,3,9-10,19H2,1-2H3,(H,21,22)/t16-/m1/s1. The number of nitrogens with one attached hydrogen (secondary N) is 1. The first-order valence-corrected chi connectivity index (χ1v) is 7.80. The van der Waals surface area contributed by atoms with Crippen LogP contribution in [0.5, 0.6) is 5.75 Å². The van der Waals surface area contributed by atoms with E-state index >= 15 is 0 Å². The maximum atomic E-state index is 12.5. The smallest absolute Gasteiger partial charge is 0.251 e. The molecule has 122 valence electrons. The van der Waals surface area contributed by atoms with E-state index in [9.17, 15) is 4.79 Å².